The maximum atomic E-state index is 11.7. The largest absolute Gasteiger partial charge is 0.497 e. The highest BCUT2D eigenvalue weighted by atomic mass is 16.5. The van der Waals surface area contributed by atoms with Gasteiger partial charge in [-0.15, -0.1) is 0 Å². The number of fused-ring (bicyclic) bond motifs is 2. The molecule has 1 aliphatic carbocycles. The Kier molecular flexibility index (Phi) is 8.05. The number of amides is 4. The minimum Gasteiger partial charge on any atom is -0.497 e. The second-order valence-electron chi connectivity index (χ2n) is 8.48. The van der Waals surface area contributed by atoms with E-state index in [0.29, 0.717) is 23.9 Å². The molecular formula is C27H30N6O5. The minimum atomic E-state index is -0.772. The topological polar surface area (TPSA) is 142 Å². The highest BCUT2D eigenvalue weighted by Gasteiger charge is 2.34. The third-order valence-electron chi connectivity index (χ3n) is 6.10. The minimum absolute atomic E-state index is 0.0777. The van der Waals surface area contributed by atoms with Crippen molar-refractivity contribution in [2.45, 2.75) is 39.3 Å². The van der Waals surface area contributed by atoms with Crippen LogP contribution in [0, 0.1) is 0 Å². The number of benzene rings is 1. The first-order valence-electron chi connectivity index (χ1n) is 12.3. The molecule has 1 atom stereocenters. The average Bonchev–Trinajstić information content (AvgIpc) is 3.70. The van der Waals surface area contributed by atoms with Crippen LogP contribution in [0.15, 0.2) is 47.2 Å². The van der Waals surface area contributed by atoms with Crippen LogP contribution in [0.25, 0.3) is 11.6 Å². The zero-order valence-corrected chi connectivity index (χ0v) is 21.7. The van der Waals surface area contributed by atoms with E-state index in [1.165, 1.54) is 6.33 Å². The fourth-order valence-electron chi connectivity index (χ4n) is 4.25. The van der Waals surface area contributed by atoms with Crippen molar-refractivity contribution in [3.8, 4) is 5.75 Å². The molecule has 0 spiro atoms. The molecular weight excluding hydrogens is 488 g/mol. The second-order valence-corrected chi connectivity index (χ2v) is 8.48. The summed E-state index contributed by atoms with van der Waals surface area (Å²) in [5.74, 6) is 2.22. The molecule has 6 rings (SSSR count). The van der Waals surface area contributed by atoms with Crippen LogP contribution < -0.4 is 15.4 Å². The molecule has 0 bridgehead atoms. The zero-order valence-electron chi connectivity index (χ0n) is 21.7. The van der Waals surface area contributed by atoms with Gasteiger partial charge in [0.1, 0.15) is 23.6 Å². The number of aryl methyl sites for hydroxylation is 1. The van der Waals surface area contributed by atoms with Crippen LogP contribution in [0.1, 0.15) is 65.1 Å². The van der Waals surface area contributed by atoms with Crippen molar-refractivity contribution in [1.29, 1.82) is 0 Å². The van der Waals surface area contributed by atoms with Crippen molar-refractivity contribution >= 4 is 29.5 Å². The third-order valence-corrected chi connectivity index (χ3v) is 6.10. The summed E-state index contributed by atoms with van der Waals surface area (Å²) in [7, 11) is 3.40. The highest BCUT2D eigenvalue weighted by Crippen LogP contribution is 2.28. The number of imide groups is 1. The number of urea groups is 1. The Bertz CT molecular complexity index is 1390. The van der Waals surface area contributed by atoms with E-state index in [4.69, 9.17) is 9.15 Å². The number of rotatable bonds is 3. The third kappa shape index (κ3) is 5.51. The summed E-state index contributed by atoms with van der Waals surface area (Å²) in [5.41, 5.74) is 3.77. The molecule has 1 aromatic carbocycles. The molecule has 198 valence electrons. The van der Waals surface area contributed by atoms with E-state index in [1.54, 1.807) is 25.1 Å². The van der Waals surface area contributed by atoms with Crippen LogP contribution in [0.2, 0.25) is 0 Å². The summed E-state index contributed by atoms with van der Waals surface area (Å²) in [6.07, 6.45) is 8.82. The van der Waals surface area contributed by atoms with Gasteiger partial charge in [-0.1, -0.05) is 26.0 Å². The molecule has 2 aromatic heterocycles. The van der Waals surface area contributed by atoms with Crippen LogP contribution >= 0.6 is 0 Å². The highest BCUT2D eigenvalue weighted by molar-refractivity contribution is 6.04. The molecule has 2 aliphatic heterocycles. The van der Waals surface area contributed by atoms with Crippen molar-refractivity contribution in [2.24, 2.45) is 0 Å². The standard InChI is InChI=1S/C15H13N5O3.C10H11NO2.C2H6/c21-14-12(18-15(22)19-14)11-6-9-3-1-2-8(4-5-10(9)23-11)13-16-7-17-20-13;1-11-6-7-3-4-8(13-2)5-9(7)10(11)12;1-2/h2,4-7,12H,1,3H2,(H,16,17,20)(H2,18,19,21,22);3-5H,6H2,1-2H3;1-2H3/b5-4-,8-2+;;. The van der Waals surface area contributed by atoms with E-state index >= 15 is 0 Å². The van der Waals surface area contributed by atoms with E-state index < -0.39 is 18.0 Å². The Labute approximate surface area is 220 Å². The maximum Gasteiger partial charge on any atom is 0.322 e. The lowest BCUT2D eigenvalue weighted by Crippen LogP contribution is -2.22. The van der Waals surface area contributed by atoms with E-state index in [9.17, 15) is 14.4 Å². The van der Waals surface area contributed by atoms with Crippen molar-refractivity contribution in [2.75, 3.05) is 14.2 Å². The van der Waals surface area contributed by atoms with Crippen LogP contribution in [-0.2, 0) is 17.8 Å². The first-order valence-corrected chi connectivity index (χ1v) is 12.3. The van der Waals surface area contributed by atoms with Gasteiger partial charge in [-0.05, 0) is 54.3 Å². The molecule has 11 heteroatoms. The van der Waals surface area contributed by atoms with Crippen molar-refractivity contribution in [1.82, 2.24) is 30.7 Å². The fraction of sp³-hybridized carbons (Fsp3) is 0.296. The van der Waals surface area contributed by atoms with Gasteiger partial charge in [0.05, 0.1) is 7.11 Å². The number of carbonyl (C=O) groups excluding carboxylic acids is 3. The first-order chi connectivity index (χ1) is 18.4. The molecule has 1 saturated heterocycles. The van der Waals surface area contributed by atoms with Gasteiger partial charge < -0.3 is 19.4 Å². The van der Waals surface area contributed by atoms with Crippen molar-refractivity contribution < 1.29 is 23.5 Å². The lowest BCUT2D eigenvalue weighted by molar-refractivity contribution is -0.120. The molecule has 1 fully saturated rings. The summed E-state index contributed by atoms with van der Waals surface area (Å²) >= 11 is 0. The van der Waals surface area contributed by atoms with Gasteiger partial charge in [0.25, 0.3) is 11.8 Å². The molecule has 1 unspecified atom stereocenters. The maximum absolute atomic E-state index is 11.7. The number of methoxy groups -OCH3 is 1. The molecule has 3 aromatic rings. The summed E-state index contributed by atoms with van der Waals surface area (Å²) in [5, 5.41) is 11.4. The number of hydrogen-bond donors (Lipinski definition) is 3. The predicted molar refractivity (Wildman–Crippen MR) is 140 cm³/mol. The molecule has 4 amide bonds. The summed E-state index contributed by atoms with van der Waals surface area (Å²) in [6, 6.07) is 6.16. The van der Waals surface area contributed by atoms with Gasteiger partial charge in [-0.25, -0.2) is 9.78 Å². The van der Waals surface area contributed by atoms with E-state index in [2.05, 4.69) is 31.9 Å². The molecule has 4 heterocycles. The van der Waals surface area contributed by atoms with Crippen LogP contribution in [0.4, 0.5) is 4.79 Å². The normalized spacial score (nSPS) is 19.7. The lowest BCUT2D eigenvalue weighted by Gasteiger charge is -2.04. The summed E-state index contributed by atoms with van der Waals surface area (Å²) in [6.45, 7) is 4.71. The zero-order chi connectivity index (χ0) is 27.2. The van der Waals surface area contributed by atoms with Crippen molar-refractivity contribution in [3.63, 3.8) is 0 Å². The number of ether oxygens (including phenoxy) is 1. The average molecular weight is 519 g/mol. The number of allylic oxidation sites excluding steroid dienone is 3. The lowest BCUT2D eigenvalue weighted by atomic mass is 10.0. The van der Waals surface area contributed by atoms with Gasteiger partial charge >= 0.3 is 6.03 Å². The van der Waals surface area contributed by atoms with Crippen LogP contribution in [0.5, 0.6) is 5.75 Å². The van der Waals surface area contributed by atoms with Crippen LogP contribution in [0.3, 0.4) is 0 Å². The smallest absolute Gasteiger partial charge is 0.322 e. The number of aromatic nitrogens is 3. The Morgan fingerprint density at radius 3 is 2.61 bits per heavy atom. The fourth-order valence-corrected chi connectivity index (χ4v) is 4.25. The monoisotopic (exact) mass is 518 g/mol. The molecule has 11 nitrogen and oxygen atoms in total. The van der Waals surface area contributed by atoms with Gasteiger partial charge in [0.15, 0.2) is 11.9 Å². The number of furan rings is 1. The quantitative estimate of drug-likeness (QED) is 0.450. The number of aromatic amines is 1. The van der Waals surface area contributed by atoms with E-state index in [0.717, 1.165) is 40.9 Å². The molecule has 3 aliphatic rings. The summed E-state index contributed by atoms with van der Waals surface area (Å²) in [4.78, 5) is 40.4. The Morgan fingerprint density at radius 2 is 1.92 bits per heavy atom. The number of hydrogen-bond acceptors (Lipinski definition) is 7. The Hall–Kier alpha value is -4.67. The molecule has 38 heavy (non-hydrogen) atoms. The summed E-state index contributed by atoms with van der Waals surface area (Å²) < 4.78 is 10.8. The Balaban J connectivity index is 0.000000190. The number of nitrogens with one attached hydrogen (secondary N) is 3. The first kappa shape index (κ1) is 26.4. The number of carbonyl (C=O) groups is 3. The van der Waals surface area contributed by atoms with Gasteiger partial charge in [0.2, 0.25) is 0 Å². The van der Waals surface area contributed by atoms with Crippen molar-refractivity contribution in [3.05, 3.63) is 76.8 Å². The van der Waals surface area contributed by atoms with E-state index in [1.807, 2.05) is 44.2 Å². The van der Waals surface area contributed by atoms with Gasteiger partial charge in [-0.2, -0.15) is 5.10 Å². The van der Waals surface area contributed by atoms with E-state index in [-0.39, 0.29) is 5.91 Å². The second kappa shape index (κ2) is 11.6. The SMILES string of the molecule is CC.COc1ccc2c(c1)C(=O)N(C)C2.O=C1NC(=O)C(c2cc3c(o2)/C=C\C(c2ncn[nH]2)=C/CC3)N1. The van der Waals surface area contributed by atoms with Gasteiger partial charge in [-0.3, -0.25) is 20.0 Å². The molecule has 0 radical (unpaired) electrons. The Morgan fingerprint density at radius 1 is 1.11 bits per heavy atom. The number of H-pyrrole nitrogens is 1. The molecule has 0 saturated carbocycles. The van der Waals surface area contributed by atoms with Gasteiger partial charge in [0, 0.05) is 24.7 Å². The predicted octanol–water partition coefficient (Wildman–Crippen LogP) is 3.63. The number of nitrogens with zero attached hydrogens (tertiary/aromatic N) is 3. The van der Waals surface area contributed by atoms with Crippen LogP contribution in [-0.4, -0.2) is 52.1 Å². The molecule has 3 N–H and O–H groups in total.